The third-order valence-corrected chi connectivity index (χ3v) is 8.91. The largest absolute Gasteiger partial charge is 0.462 e. The summed E-state index contributed by atoms with van der Waals surface area (Å²) in [5.74, 6) is -2.35. The molecule has 238 valence electrons. The molecule has 0 bridgehead atoms. The molecular weight excluding hydrogens is 618 g/mol. The maximum atomic E-state index is 16.6. The van der Waals surface area contributed by atoms with Gasteiger partial charge in [-0.3, -0.25) is 19.7 Å². The van der Waals surface area contributed by atoms with Gasteiger partial charge in [0.05, 0.1) is 11.5 Å². The first-order valence-electron chi connectivity index (χ1n) is 14.7. The highest BCUT2D eigenvalue weighted by atomic mass is 35.5. The van der Waals surface area contributed by atoms with Gasteiger partial charge in [0.1, 0.15) is 29.7 Å². The Kier molecular flexibility index (Phi) is 8.95. The zero-order chi connectivity index (χ0) is 32.5. The number of ether oxygens (including phenoxy) is 2. The van der Waals surface area contributed by atoms with E-state index < -0.39 is 23.6 Å². The van der Waals surface area contributed by atoms with Crippen LogP contribution in [0.2, 0.25) is 5.02 Å². The van der Waals surface area contributed by atoms with E-state index in [9.17, 15) is 9.18 Å². The standard InChI is InChI=1S/C32H31ClF2N8O3/c1-18(34)31(44)43-9-8-42(15-21(43)12-36-2)30-24-14-38-28(23-13-37-11-19-6-5-7-25(33)26(19)23)27(35)29(24)39-32(40-30)46-17-20-10-22(45-4)16-41(20)3/h5-7,11,13-14,20-22H,1,8-10,12,15-17H2,3-4H3/t20-,21-,22+/m0/s1. The van der Waals surface area contributed by atoms with Gasteiger partial charge in [-0.1, -0.05) is 30.3 Å². The number of benzene rings is 1. The van der Waals surface area contributed by atoms with Crippen LogP contribution >= 0.6 is 11.6 Å². The van der Waals surface area contributed by atoms with Crippen LogP contribution in [0.3, 0.4) is 0 Å². The Bertz CT molecular complexity index is 1870. The molecule has 2 aliphatic heterocycles. The highest BCUT2D eigenvalue weighted by Crippen LogP contribution is 2.37. The van der Waals surface area contributed by atoms with E-state index in [-0.39, 0.29) is 62.2 Å². The maximum Gasteiger partial charge on any atom is 0.319 e. The maximum absolute atomic E-state index is 16.6. The summed E-state index contributed by atoms with van der Waals surface area (Å²) < 4.78 is 42.1. The minimum atomic E-state index is -1.10. The van der Waals surface area contributed by atoms with Gasteiger partial charge in [-0.05, 0) is 19.5 Å². The summed E-state index contributed by atoms with van der Waals surface area (Å²) in [6.45, 7) is 11.9. The summed E-state index contributed by atoms with van der Waals surface area (Å²) in [5.41, 5.74) is 0.385. The molecule has 0 spiro atoms. The molecule has 2 saturated heterocycles. The SMILES string of the molecule is [C-]#[N+]C[C@H]1CN(c2nc(OC[C@@H]3C[C@@H](OC)CN3C)nc3c(F)c(-c4cncc5cccc(Cl)c45)ncc23)CCN1C(=O)C(=C)F. The lowest BCUT2D eigenvalue weighted by Crippen LogP contribution is -2.56. The number of nitrogens with zero attached hydrogens (tertiary/aromatic N) is 8. The Hall–Kier alpha value is -4.51. The van der Waals surface area contributed by atoms with E-state index in [2.05, 4.69) is 36.3 Å². The summed E-state index contributed by atoms with van der Waals surface area (Å²) in [6, 6.07) is 4.67. The fourth-order valence-corrected chi connectivity index (χ4v) is 6.46. The third kappa shape index (κ3) is 5.91. The van der Waals surface area contributed by atoms with Crippen LogP contribution in [0.4, 0.5) is 14.6 Å². The smallest absolute Gasteiger partial charge is 0.319 e. The molecule has 5 heterocycles. The molecule has 14 heteroatoms. The Morgan fingerprint density at radius 2 is 2.02 bits per heavy atom. The molecule has 0 radical (unpaired) electrons. The number of piperazine rings is 1. The number of amides is 1. The number of halogens is 3. The van der Waals surface area contributed by atoms with Crippen LogP contribution in [-0.2, 0) is 9.53 Å². The van der Waals surface area contributed by atoms with Crippen LogP contribution in [-0.4, -0.2) is 107 Å². The van der Waals surface area contributed by atoms with E-state index in [1.807, 2.05) is 18.0 Å². The summed E-state index contributed by atoms with van der Waals surface area (Å²) in [5, 5.41) is 2.06. The fraction of sp³-hybridized carbons (Fsp3) is 0.375. The van der Waals surface area contributed by atoms with E-state index in [0.717, 1.165) is 18.4 Å². The number of likely N-dealkylation sites (tertiary alicyclic amines) is 1. The van der Waals surface area contributed by atoms with Crippen molar-refractivity contribution in [3.8, 4) is 17.3 Å². The number of carbonyl (C=O) groups is 1. The minimum Gasteiger partial charge on any atom is -0.462 e. The van der Waals surface area contributed by atoms with Crippen molar-refractivity contribution >= 4 is 45.0 Å². The van der Waals surface area contributed by atoms with Gasteiger partial charge in [-0.2, -0.15) is 9.97 Å². The molecule has 3 atom stereocenters. The van der Waals surface area contributed by atoms with Crippen LogP contribution in [0.1, 0.15) is 6.42 Å². The number of methoxy groups -OCH3 is 1. The van der Waals surface area contributed by atoms with Crippen molar-refractivity contribution in [2.45, 2.75) is 24.6 Å². The Labute approximate surface area is 269 Å². The number of hydrogen-bond donors (Lipinski definition) is 0. The Balaban J connectivity index is 1.44. The van der Waals surface area contributed by atoms with Crippen molar-refractivity contribution in [2.24, 2.45) is 0 Å². The molecule has 0 saturated carbocycles. The number of likely N-dealkylation sites (N-methyl/N-ethyl adjacent to an activating group) is 1. The average molecular weight is 649 g/mol. The summed E-state index contributed by atoms with van der Waals surface area (Å²) in [6.07, 6.45) is 5.46. The summed E-state index contributed by atoms with van der Waals surface area (Å²) in [4.78, 5) is 39.2. The topological polar surface area (TPSA) is 101 Å². The number of pyridine rings is 2. The number of carbonyl (C=O) groups excluding carboxylic acids is 1. The number of fused-ring (bicyclic) bond motifs is 2. The first-order valence-corrected chi connectivity index (χ1v) is 15.1. The van der Waals surface area contributed by atoms with Crippen molar-refractivity contribution in [2.75, 3.05) is 58.4 Å². The number of rotatable bonds is 8. The number of aromatic nitrogens is 4. The van der Waals surface area contributed by atoms with Gasteiger partial charge in [0.15, 0.2) is 11.6 Å². The normalized spacial score (nSPS) is 20.3. The molecule has 6 rings (SSSR count). The summed E-state index contributed by atoms with van der Waals surface area (Å²) in [7, 11) is 3.65. The lowest BCUT2D eigenvalue weighted by atomic mass is 10.0. The molecule has 1 aromatic carbocycles. The molecule has 0 aliphatic carbocycles. The van der Waals surface area contributed by atoms with E-state index in [0.29, 0.717) is 27.2 Å². The lowest BCUT2D eigenvalue weighted by molar-refractivity contribution is -0.131. The molecular formula is C32H31ClF2N8O3. The van der Waals surface area contributed by atoms with Crippen molar-refractivity contribution in [3.63, 3.8) is 0 Å². The Morgan fingerprint density at radius 3 is 2.76 bits per heavy atom. The van der Waals surface area contributed by atoms with Gasteiger partial charge in [0.25, 0.3) is 5.91 Å². The third-order valence-electron chi connectivity index (χ3n) is 8.60. The quantitative estimate of drug-likeness (QED) is 0.201. The number of hydrogen-bond acceptors (Lipinski definition) is 9. The van der Waals surface area contributed by atoms with Gasteiger partial charge < -0.3 is 24.1 Å². The van der Waals surface area contributed by atoms with Crippen molar-refractivity contribution in [1.82, 2.24) is 29.7 Å². The highest BCUT2D eigenvalue weighted by molar-refractivity contribution is 6.36. The molecule has 46 heavy (non-hydrogen) atoms. The van der Waals surface area contributed by atoms with Crippen molar-refractivity contribution < 1.29 is 23.0 Å². The zero-order valence-corrected chi connectivity index (χ0v) is 26.0. The molecule has 0 unspecified atom stereocenters. The van der Waals surface area contributed by atoms with Crippen LogP contribution in [0.25, 0.3) is 37.8 Å². The first-order chi connectivity index (χ1) is 22.2. The van der Waals surface area contributed by atoms with Gasteiger partial charge in [-0.15, -0.1) is 0 Å². The van der Waals surface area contributed by atoms with Crippen LogP contribution in [0, 0.1) is 12.4 Å². The van der Waals surface area contributed by atoms with E-state index in [1.165, 1.54) is 17.3 Å². The van der Waals surface area contributed by atoms with Crippen LogP contribution in [0.5, 0.6) is 6.01 Å². The average Bonchev–Trinajstić information content (AvgIpc) is 3.42. The Morgan fingerprint density at radius 1 is 1.20 bits per heavy atom. The minimum absolute atomic E-state index is 0.00974. The second kappa shape index (κ2) is 13.1. The molecule has 3 aromatic heterocycles. The van der Waals surface area contributed by atoms with Gasteiger partial charge in [-0.25, -0.2) is 15.4 Å². The van der Waals surface area contributed by atoms with E-state index >= 15 is 4.39 Å². The molecule has 1 amide bonds. The van der Waals surface area contributed by atoms with Crippen molar-refractivity contribution in [3.05, 3.63) is 71.5 Å². The van der Waals surface area contributed by atoms with Gasteiger partial charge in [0.2, 0.25) is 6.54 Å². The first kappa shape index (κ1) is 31.5. The molecule has 11 nitrogen and oxygen atoms in total. The van der Waals surface area contributed by atoms with E-state index in [4.69, 9.17) is 27.6 Å². The number of anilines is 1. The fourth-order valence-electron chi connectivity index (χ4n) is 6.18. The molecule has 2 aliphatic rings. The highest BCUT2D eigenvalue weighted by Gasteiger charge is 2.36. The van der Waals surface area contributed by atoms with Crippen LogP contribution < -0.4 is 9.64 Å². The molecule has 2 fully saturated rings. The monoisotopic (exact) mass is 648 g/mol. The molecule has 0 N–H and O–H groups in total. The lowest BCUT2D eigenvalue weighted by Gasteiger charge is -2.39. The van der Waals surface area contributed by atoms with E-state index in [1.54, 1.807) is 25.4 Å². The zero-order valence-electron chi connectivity index (χ0n) is 25.3. The predicted octanol–water partition coefficient (Wildman–Crippen LogP) is 4.55. The summed E-state index contributed by atoms with van der Waals surface area (Å²) >= 11 is 6.54. The van der Waals surface area contributed by atoms with Gasteiger partial charge >= 0.3 is 6.01 Å². The molecule has 4 aromatic rings. The van der Waals surface area contributed by atoms with Crippen LogP contribution in [0.15, 0.2) is 49.2 Å². The second-order valence-corrected chi connectivity index (χ2v) is 11.8. The predicted molar refractivity (Wildman–Crippen MR) is 170 cm³/mol. The van der Waals surface area contributed by atoms with Gasteiger partial charge in [0, 0.05) is 79.3 Å². The van der Waals surface area contributed by atoms with Crippen molar-refractivity contribution in [1.29, 1.82) is 0 Å². The second-order valence-electron chi connectivity index (χ2n) is 11.4.